The van der Waals surface area contributed by atoms with E-state index in [1.54, 1.807) is 12.5 Å². The molecule has 4 rings (SSSR count). The molecule has 7 heteroatoms. The number of ether oxygens (including phenoxy) is 1. The number of morpholine rings is 1. The van der Waals surface area contributed by atoms with Gasteiger partial charge in [0.1, 0.15) is 18.2 Å². The molecule has 1 N–H and O–H groups in total. The smallest absolute Gasteiger partial charge is 0.194 e. The van der Waals surface area contributed by atoms with E-state index in [9.17, 15) is 0 Å². The summed E-state index contributed by atoms with van der Waals surface area (Å²) in [4.78, 5) is 15.8. The first kappa shape index (κ1) is 21.1. The largest absolute Gasteiger partial charge is 0.370 e. The average molecular weight is 419 g/mol. The van der Waals surface area contributed by atoms with Gasteiger partial charge >= 0.3 is 0 Å². The zero-order valence-corrected chi connectivity index (χ0v) is 18.5. The Balaban J connectivity index is 1.46. The van der Waals surface area contributed by atoms with Crippen molar-refractivity contribution in [1.29, 1.82) is 0 Å². The number of guanidine groups is 1. The van der Waals surface area contributed by atoms with Crippen molar-refractivity contribution in [3.05, 3.63) is 77.5 Å². The van der Waals surface area contributed by atoms with E-state index in [2.05, 4.69) is 65.2 Å². The van der Waals surface area contributed by atoms with E-state index in [4.69, 9.17) is 9.73 Å². The van der Waals surface area contributed by atoms with Crippen LogP contribution in [0.25, 0.3) is 5.82 Å². The minimum absolute atomic E-state index is 0.0503. The van der Waals surface area contributed by atoms with Crippen molar-refractivity contribution >= 4 is 5.96 Å². The molecule has 3 aromatic rings. The van der Waals surface area contributed by atoms with Crippen molar-refractivity contribution < 1.29 is 4.74 Å². The van der Waals surface area contributed by atoms with Crippen LogP contribution in [0.5, 0.6) is 0 Å². The monoisotopic (exact) mass is 418 g/mol. The summed E-state index contributed by atoms with van der Waals surface area (Å²) in [5.41, 5.74) is 4.87. The van der Waals surface area contributed by atoms with Gasteiger partial charge in [0.15, 0.2) is 5.96 Å². The molecular weight excluding hydrogens is 388 g/mol. The zero-order chi connectivity index (χ0) is 21.6. The van der Waals surface area contributed by atoms with Gasteiger partial charge < -0.3 is 15.0 Å². The predicted molar refractivity (Wildman–Crippen MR) is 122 cm³/mol. The van der Waals surface area contributed by atoms with Crippen LogP contribution in [0, 0.1) is 13.8 Å². The van der Waals surface area contributed by atoms with Crippen molar-refractivity contribution in [1.82, 2.24) is 24.8 Å². The van der Waals surface area contributed by atoms with E-state index in [-0.39, 0.29) is 6.10 Å². The van der Waals surface area contributed by atoms with Gasteiger partial charge in [-0.3, -0.25) is 4.57 Å². The topological polar surface area (TPSA) is 67.6 Å². The first-order valence-corrected chi connectivity index (χ1v) is 10.8. The third-order valence-electron chi connectivity index (χ3n) is 5.46. The van der Waals surface area contributed by atoms with Crippen LogP contribution < -0.4 is 5.32 Å². The van der Waals surface area contributed by atoms with Gasteiger partial charge in [-0.1, -0.05) is 29.8 Å². The molecular formula is C24H30N6O. The highest BCUT2D eigenvalue weighted by molar-refractivity contribution is 5.80. The third kappa shape index (κ3) is 5.11. The van der Waals surface area contributed by atoms with Crippen molar-refractivity contribution in [2.45, 2.75) is 33.4 Å². The summed E-state index contributed by atoms with van der Waals surface area (Å²) in [6.07, 6.45) is 7.30. The normalized spacial score (nSPS) is 17.1. The molecule has 1 atom stereocenters. The first-order chi connectivity index (χ1) is 15.1. The highest BCUT2D eigenvalue weighted by Gasteiger charge is 2.25. The lowest BCUT2D eigenvalue weighted by molar-refractivity contribution is -0.00834. The molecule has 1 unspecified atom stereocenters. The molecule has 1 saturated heterocycles. The Morgan fingerprint density at radius 2 is 2.16 bits per heavy atom. The molecule has 0 spiro atoms. The molecule has 1 aromatic carbocycles. The van der Waals surface area contributed by atoms with Crippen molar-refractivity contribution in [3.8, 4) is 5.82 Å². The molecule has 0 amide bonds. The Kier molecular flexibility index (Phi) is 6.62. The van der Waals surface area contributed by atoms with E-state index in [1.165, 1.54) is 16.7 Å². The summed E-state index contributed by atoms with van der Waals surface area (Å²) in [6, 6.07) is 10.6. The second-order valence-corrected chi connectivity index (χ2v) is 7.83. The minimum Gasteiger partial charge on any atom is -0.370 e. The first-order valence-electron chi connectivity index (χ1n) is 10.8. The van der Waals surface area contributed by atoms with Crippen molar-refractivity contribution in [2.24, 2.45) is 4.99 Å². The zero-order valence-electron chi connectivity index (χ0n) is 18.5. The minimum atomic E-state index is 0.0503. The Morgan fingerprint density at radius 3 is 2.87 bits per heavy atom. The standard InChI is InChI=1S/C24H30N6O/c1-4-26-24(28-15-20-6-8-23(27-14-20)30-10-9-25-17-30)29-11-12-31-22(16-29)21-7-5-18(2)13-19(21)3/h5-10,13-14,17,22H,4,11-12,15-16H2,1-3H3,(H,26,28). The Bertz CT molecular complexity index is 1010. The molecule has 2 aromatic heterocycles. The molecule has 7 nitrogen and oxygen atoms in total. The second-order valence-electron chi connectivity index (χ2n) is 7.83. The Hall–Kier alpha value is -3.19. The van der Waals surface area contributed by atoms with Crippen LogP contribution in [0.3, 0.4) is 0 Å². The van der Waals surface area contributed by atoms with E-state index in [1.807, 2.05) is 23.0 Å². The summed E-state index contributed by atoms with van der Waals surface area (Å²) >= 11 is 0. The Labute approximate surface area is 183 Å². The number of benzene rings is 1. The maximum Gasteiger partial charge on any atom is 0.194 e. The van der Waals surface area contributed by atoms with Gasteiger partial charge in [0.05, 0.1) is 19.7 Å². The lowest BCUT2D eigenvalue weighted by Crippen LogP contribution is -2.48. The highest BCUT2D eigenvalue weighted by atomic mass is 16.5. The van der Waals surface area contributed by atoms with Crippen molar-refractivity contribution in [2.75, 3.05) is 26.2 Å². The molecule has 1 fully saturated rings. The number of nitrogens with one attached hydrogen (secondary N) is 1. The van der Waals surface area contributed by atoms with Crippen LogP contribution in [-0.4, -0.2) is 51.6 Å². The predicted octanol–water partition coefficient (Wildman–Crippen LogP) is 3.42. The Morgan fingerprint density at radius 1 is 1.26 bits per heavy atom. The number of imidazole rings is 1. The van der Waals surface area contributed by atoms with E-state index in [0.717, 1.165) is 37.0 Å². The van der Waals surface area contributed by atoms with Gasteiger partial charge in [0.2, 0.25) is 0 Å². The summed E-state index contributed by atoms with van der Waals surface area (Å²) in [5.74, 6) is 1.76. The van der Waals surface area contributed by atoms with Crippen LogP contribution in [0.15, 0.2) is 60.2 Å². The second kappa shape index (κ2) is 9.75. The quantitative estimate of drug-likeness (QED) is 0.508. The lowest BCUT2D eigenvalue weighted by Gasteiger charge is -2.36. The molecule has 0 saturated carbocycles. The highest BCUT2D eigenvalue weighted by Crippen LogP contribution is 2.26. The molecule has 1 aliphatic heterocycles. The number of hydrogen-bond donors (Lipinski definition) is 1. The van der Waals surface area contributed by atoms with Gasteiger partial charge in [-0.25, -0.2) is 15.0 Å². The van der Waals surface area contributed by atoms with E-state index >= 15 is 0 Å². The summed E-state index contributed by atoms with van der Waals surface area (Å²) < 4.78 is 8.00. The summed E-state index contributed by atoms with van der Waals surface area (Å²) in [7, 11) is 0. The van der Waals surface area contributed by atoms with Crippen molar-refractivity contribution in [3.63, 3.8) is 0 Å². The number of aromatic nitrogens is 3. The molecule has 3 heterocycles. The van der Waals surface area contributed by atoms with Crippen LogP contribution >= 0.6 is 0 Å². The third-order valence-corrected chi connectivity index (χ3v) is 5.46. The number of aryl methyl sites for hydroxylation is 2. The average Bonchev–Trinajstić information content (AvgIpc) is 3.32. The van der Waals surface area contributed by atoms with Crippen LogP contribution in [0.4, 0.5) is 0 Å². The fourth-order valence-electron chi connectivity index (χ4n) is 3.87. The summed E-state index contributed by atoms with van der Waals surface area (Å²) in [6.45, 7) is 10.1. The molecule has 0 aliphatic carbocycles. The van der Waals surface area contributed by atoms with Gasteiger partial charge in [-0.2, -0.15) is 0 Å². The number of aliphatic imine (C=N–C) groups is 1. The van der Waals surface area contributed by atoms with E-state index in [0.29, 0.717) is 13.2 Å². The van der Waals surface area contributed by atoms with Gasteiger partial charge in [-0.15, -0.1) is 0 Å². The molecule has 1 aliphatic rings. The SMILES string of the molecule is CCNC(=NCc1ccc(-n2ccnc2)nc1)N1CCOC(c2ccc(C)cc2C)C1. The molecule has 31 heavy (non-hydrogen) atoms. The van der Waals surface area contributed by atoms with Crippen LogP contribution in [0.2, 0.25) is 0 Å². The molecule has 162 valence electrons. The van der Waals surface area contributed by atoms with Crippen LogP contribution in [-0.2, 0) is 11.3 Å². The van der Waals surface area contributed by atoms with Gasteiger partial charge in [-0.05, 0) is 43.5 Å². The van der Waals surface area contributed by atoms with Crippen LogP contribution in [0.1, 0.15) is 35.3 Å². The van der Waals surface area contributed by atoms with E-state index < -0.39 is 0 Å². The fourth-order valence-corrected chi connectivity index (χ4v) is 3.87. The van der Waals surface area contributed by atoms with Gasteiger partial charge in [0, 0.05) is 31.7 Å². The molecule has 0 bridgehead atoms. The fraction of sp³-hybridized carbons (Fsp3) is 0.375. The maximum atomic E-state index is 6.11. The lowest BCUT2D eigenvalue weighted by atomic mass is 10.00. The summed E-state index contributed by atoms with van der Waals surface area (Å²) in [5, 5.41) is 3.44. The van der Waals surface area contributed by atoms with Gasteiger partial charge in [0.25, 0.3) is 0 Å². The number of rotatable bonds is 5. The number of hydrogen-bond acceptors (Lipinski definition) is 4. The number of nitrogens with zero attached hydrogens (tertiary/aromatic N) is 5. The maximum absolute atomic E-state index is 6.11. The number of pyridine rings is 1. The molecule has 0 radical (unpaired) electrons.